The number of benzene rings is 2. The maximum atomic E-state index is 12.7. The molecule has 3 rings (SSSR count). The van der Waals surface area contributed by atoms with E-state index < -0.39 is 23.6 Å². The highest BCUT2D eigenvalue weighted by Crippen LogP contribution is 2.24. The number of alkyl halides is 1. The number of sulfone groups is 1. The molecular weight excluding hydrogens is 332 g/mol. The van der Waals surface area contributed by atoms with Gasteiger partial charge in [-0.3, -0.25) is 4.39 Å². The van der Waals surface area contributed by atoms with Crippen LogP contribution in [-0.4, -0.2) is 27.2 Å². The van der Waals surface area contributed by atoms with E-state index >= 15 is 0 Å². The summed E-state index contributed by atoms with van der Waals surface area (Å²) in [5, 5.41) is 9.74. The molecule has 0 aromatic heterocycles. The smallest absolute Gasteiger partial charge is 0.423 e. The number of halogens is 1. The predicted molar refractivity (Wildman–Crippen MR) is 90.3 cm³/mol. The number of nitrogen functional groups attached to an aromatic ring is 1. The van der Waals surface area contributed by atoms with Gasteiger partial charge in [0.2, 0.25) is 0 Å². The predicted octanol–water partition coefficient (Wildman–Crippen LogP) is 0.972. The van der Waals surface area contributed by atoms with Crippen LogP contribution in [0, 0.1) is 0 Å². The Hall–Kier alpha value is -1.90. The molecule has 2 aromatic rings. The Morgan fingerprint density at radius 3 is 2.79 bits per heavy atom. The Bertz CT molecular complexity index is 872. The second kappa shape index (κ2) is 6.54. The lowest BCUT2D eigenvalue weighted by Gasteiger charge is -2.11. The third-order valence-electron chi connectivity index (χ3n) is 4.01. The molecule has 1 aliphatic heterocycles. The fraction of sp³-hybridized carbons (Fsp3) is 0.250. The molecule has 1 heterocycles. The van der Waals surface area contributed by atoms with Gasteiger partial charge in [0.05, 0.1) is 23.9 Å². The minimum atomic E-state index is -3.66. The monoisotopic (exact) mass is 349 g/mol. The van der Waals surface area contributed by atoms with Gasteiger partial charge in [-0.25, -0.2) is 8.42 Å². The molecule has 2 aromatic carbocycles. The van der Waals surface area contributed by atoms with E-state index in [0.717, 1.165) is 5.56 Å². The number of fused-ring (bicyclic) bond motifs is 1. The summed E-state index contributed by atoms with van der Waals surface area (Å²) in [6, 6.07) is 9.49. The Kier molecular flexibility index (Phi) is 4.62. The first-order valence-electron chi connectivity index (χ1n) is 7.49. The van der Waals surface area contributed by atoms with Crippen molar-refractivity contribution in [2.45, 2.75) is 23.7 Å². The van der Waals surface area contributed by atoms with Gasteiger partial charge in [0.1, 0.15) is 0 Å². The van der Waals surface area contributed by atoms with Gasteiger partial charge >= 0.3 is 7.12 Å². The Morgan fingerprint density at radius 1 is 1.25 bits per heavy atom. The number of nitrogens with two attached hydrogens (primary N) is 1. The van der Waals surface area contributed by atoms with Gasteiger partial charge in [0, 0.05) is 12.1 Å². The molecule has 24 heavy (non-hydrogen) atoms. The maximum Gasteiger partial charge on any atom is 0.491 e. The van der Waals surface area contributed by atoms with E-state index in [1.807, 2.05) is 0 Å². The summed E-state index contributed by atoms with van der Waals surface area (Å²) in [5.41, 5.74) is 8.42. The van der Waals surface area contributed by atoms with E-state index in [2.05, 4.69) is 0 Å². The van der Waals surface area contributed by atoms with Crippen LogP contribution in [0.5, 0.6) is 0 Å². The summed E-state index contributed by atoms with van der Waals surface area (Å²) in [4.78, 5) is 0.0895. The second-order valence-electron chi connectivity index (χ2n) is 5.76. The molecule has 0 bridgehead atoms. The quantitative estimate of drug-likeness (QED) is 0.620. The van der Waals surface area contributed by atoms with E-state index in [1.165, 1.54) is 18.2 Å². The van der Waals surface area contributed by atoms with Crippen molar-refractivity contribution >= 4 is 28.1 Å². The van der Waals surface area contributed by atoms with Crippen molar-refractivity contribution in [2.24, 2.45) is 0 Å². The lowest BCUT2D eigenvalue weighted by Crippen LogP contribution is -2.28. The molecule has 0 saturated carbocycles. The van der Waals surface area contributed by atoms with Crippen molar-refractivity contribution in [2.75, 3.05) is 12.4 Å². The minimum Gasteiger partial charge on any atom is -0.423 e. The standard InChI is InChI=1S/C16H17BFNO4S/c18-6-5-12-8-14(19)3-4-16(12)24(21,22)10-11-1-2-13-9-23-17(20)15(13)7-11/h1-4,7-8,20H,5-6,9-10,19H2. The third kappa shape index (κ3) is 3.31. The number of aryl methyl sites for hydroxylation is 1. The Morgan fingerprint density at radius 2 is 2.04 bits per heavy atom. The van der Waals surface area contributed by atoms with Crippen molar-refractivity contribution in [1.29, 1.82) is 0 Å². The molecule has 0 unspecified atom stereocenters. The van der Waals surface area contributed by atoms with Crippen molar-refractivity contribution in [1.82, 2.24) is 0 Å². The highest BCUT2D eigenvalue weighted by molar-refractivity contribution is 7.90. The van der Waals surface area contributed by atoms with Crippen LogP contribution in [0.4, 0.5) is 10.1 Å². The number of anilines is 1. The summed E-state index contributed by atoms with van der Waals surface area (Å²) >= 11 is 0. The van der Waals surface area contributed by atoms with Crippen molar-refractivity contribution in [3.63, 3.8) is 0 Å². The Balaban J connectivity index is 1.94. The summed E-state index contributed by atoms with van der Waals surface area (Å²) in [6.07, 6.45) is -0.00363. The van der Waals surface area contributed by atoms with Crippen molar-refractivity contribution < 1.29 is 22.5 Å². The van der Waals surface area contributed by atoms with Gasteiger partial charge < -0.3 is 15.4 Å². The Labute approximate surface area is 140 Å². The van der Waals surface area contributed by atoms with Crippen LogP contribution < -0.4 is 11.2 Å². The number of hydrogen-bond donors (Lipinski definition) is 2. The van der Waals surface area contributed by atoms with Gasteiger partial charge in [-0.15, -0.1) is 0 Å². The van der Waals surface area contributed by atoms with Crippen LogP contribution in [0.3, 0.4) is 0 Å². The molecule has 5 nitrogen and oxygen atoms in total. The van der Waals surface area contributed by atoms with E-state index in [1.54, 1.807) is 18.2 Å². The normalized spacial score (nSPS) is 14.0. The molecule has 0 aliphatic carbocycles. The summed E-state index contributed by atoms with van der Waals surface area (Å²) in [6.45, 7) is -0.351. The lowest BCUT2D eigenvalue weighted by atomic mass is 9.79. The summed E-state index contributed by atoms with van der Waals surface area (Å²) in [5.74, 6) is -0.240. The highest BCUT2D eigenvalue weighted by atomic mass is 32.2. The molecule has 126 valence electrons. The topological polar surface area (TPSA) is 89.6 Å². The van der Waals surface area contributed by atoms with Crippen LogP contribution in [0.25, 0.3) is 0 Å². The molecule has 0 spiro atoms. The fourth-order valence-corrected chi connectivity index (χ4v) is 4.46. The molecule has 8 heteroatoms. The largest absolute Gasteiger partial charge is 0.491 e. The molecule has 0 amide bonds. The van der Waals surface area contributed by atoms with E-state index in [0.29, 0.717) is 28.9 Å². The zero-order chi connectivity index (χ0) is 17.3. The lowest BCUT2D eigenvalue weighted by molar-refractivity contribution is 0.275. The van der Waals surface area contributed by atoms with Crippen LogP contribution >= 0.6 is 0 Å². The van der Waals surface area contributed by atoms with Gasteiger partial charge in [-0.2, -0.15) is 0 Å². The van der Waals surface area contributed by atoms with Gasteiger partial charge in [-0.1, -0.05) is 18.2 Å². The zero-order valence-electron chi connectivity index (χ0n) is 12.9. The molecule has 1 aliphatic rings. The van der Waals surface area contributed by atoms with Crippen LogP contribution in [-0.2, 0) is 33.3 Å². The zero-order valence-corrected chi connectivity index (χ0v) is 13.7. The van der Waals surface area contributed by atoms with Crippen LogP contribution in [0.2, 0.25) is 0 Å². The number of hydrogen-bond acceptors (Lipinski definition) is 5. The SMILES string of the molecule is Nc1ccc(S(=O)(=O)Cc2ccc3c(c2)B(O)OC3)c(CCF)c1. The average Bonchev–Trinajstić information content (AvgIpc) is 2.88. The second-order valence-corrected chi connectivity index (χ2v) is 7.72. The van der Waals surface area contributed by atoms with E-state index in [9.17, 15) is 17.8 Å². The van der Waals surface area contributed by atoms with Crippen LogP contribution in [0.15, 0.2) is 41.3 Å². The summed E-state index contributed by atoms with van der Waals surface area (Å²) < 4.78 is 43.3. The van der Waals surface area contributed by atoms with Crippen LogP contribution in [0.1, 0.15) is 16.7 Å². The molecule has 0 radical (unpaired) electrons. The van der Waals surface area contributed by atoms with Crippen molar-refractivity contribution in [3.8, 4) is 0 Å². The third-order valence-corrected chi connectivity index (χ3v) is 5.79. The molecule has 0 saturated heterocycles. The van der Waals surface area contributed by atoms with Crippen molar-refractivity contribution in [3.05, 3.63) is 53.1 Å². The molecule has 3 N–H and O–H groups in total. The van der Waals surface area contributed by atoms with E-state index in [-0.39, 0.29) is 17.1 Å². The molecule has 0 fully saturated rings. The fourth-order valence-electron chi connectivity index (χ4n) is 2.85. The van der Waals surface area contributed by atoms with Gasteiger partial charge in [0.15, 0.2) is 9.84 Å². The first-order chi connectivity index (χ1) is 11.4. The summed E-state index contributed by atoms with van der Waals surface area (Å²) in [7, 11) is -4.69. The van der Waals surface area contributed by atoms with Gasteiger partial charge in [0.25, 0.3) is 0 Å². The number of rotatable bonds is 5. The highest BCUT2D eigenvalue weighted by Gasteiger charge is 2.28. The minimum absolute atomic E-state index is 0.00363. The first kappa shape index (κ1) is 16.9. The van der Waals surface area contributed by atoms with E-state index in [4.69, 9.17) is 10.4 Å². The average molecular weight is 349 g/mol. The molecular formula is C16H17BFNO4S. The maximum absolute atomic E-state index is 12.7. The first-order valence-corrected chi connectivity index (χ1v) is 9.14. The van der Waals surface area contributed by atoms with Gasteiger partial charge in [-0.05, 0) is 40.4 Å². The molecule has 0 atom stereocenters.